The molecule has 1 atom stereocenters. The minimum atomic E-state index is -0.922. The molecule has 0 aromatic heterocycles. The lowest BCUT2D eigenvalue weighted by atomic mass is 9.96. The number of hydrogen-bond acceptors (Lipinski definition) is 3. The molecule has 5 heteroatoms. The van der Waals surface area contributed by atoms with Gasteiger partial charge in [-0.1, -0.05) is 0 Å². The van der Waals surface area contributed by atoms with Gasteiger partial charge in [-0.25, -0.2) is 4.39 Å². The van der Waals surface area contributed by atoms with Crippen LogP contribution in [0.1, 0.15) is 37.0 Å². The van der Waals surface area contributed by atoms with E-state index in [1.54, 1.807) is 31.1 Å². The van der Waals surface area contributed by atoms with Gasteiger partial charge in [-0.05, 0) is 51.1 Å². The van der Waals surface area contributed by atoms with Crippen molar-refractivity contribution in [1.82, 2.24) is 4.90 Å². The van der Waals surface area contributed by atoms with Crippen LogP contribution in [-0.2, 0) is 0 Å². The van der Waals surface area contributed by atoms with Crippen molar-refractivity contribution in [3.8, 4) is 0 Å². The molecule has 1 aliphatic rings. The predicted octanol–water partition coefficient (Wildman–Crippen LogP) is 2.92. The summed E-state index contributed by atoms with van der Waals surface area (Å²) >= 11 is 1.28. The highest BCUT2D eigenvalue weighted by Crippen LogP contribution is 2.29. The monoisotopic (exact) mass is 297 g/mol. The van der Waals surface area contributed by atoms with E-state index in [2.05, 4.69) is 0 Å². The number of aliphatic hydroxyl groups is 1. The minimum Gasteiger partial charge on any atom is -0.388 e. The Kier molecular flexibility index (Phi) is 4.39. The number of benzene rings is 1. The molecular weight excluding hydrogens is 277 g/mol. The zero-order valence-electron chi connectivity index (χ0n) is 12.0. The van der Waals surface area contributed by atoms with Crippen molar-refractivity contribution >= 4 is 17.7 Å². The number of rotatable bonds is 3. The largest absolute Gasteiger partial charge is 0.388 e. The smallest absolute Gasteiger partial charge is 0.254 e. The van der Waals surface area contributed by atoms with Crippen molar-refractivity contribution in [3.63, 3.8) is 0 Å². The third kappa shape index (κ3) is 2.99. The fourth-order valence-electron chi connectivity index (χ4n) is 2.70. The summed E-state index contributed by atoms with van der Waals surface area (Å²) in [5.41, 5.74) is -0.443. The van der Waals surface area contributed by atoms with Gasteiger partial charge >= 0.3 is 0 Å². The maximum absolute atomic E-state index is 13.5. The van der Waals surface area contributed by atoms with Crippen molar-refractivity contribution in [2.45, 2.75) is 43.2 Å². The Hall–Kier alpha value is -1.07. The van der Waals surface area contributed by atoms with Gasteiger partial charge in [0.25, 0.3) is 5.91 Å². The van der Waals surface area contributed by atoms with Gasteiger partial charge in [0.15, 0.2) is 0 Å². The molecule has 0 radical (unpaired) electrons. The highest BCUT2D eigenvalue weighted by Gasteiger charge is 2.38. The molecule has 1 saturated heterocycles. The van der Waals surface area contributed by atoms with Crippen LogP contribution in [0.3, 0.4) is 0 Å². The topological polar surface area (TPSA) is 40.5 Å². The zero-order valence-corrected chi connectivity index (χ0v) is 12.8. The summed E-state index contributed by atoms with van der Waals surface area (Å²) < 4.78 is 13.5. The number of thioether (sulfide) groups is 1. The van der Waals surface area contributed by atoms with E-state index in [0.29, 0.717) is 17.0 Å². The van der Waals surface area contributed by atoms with E-state index in [-0.39, 0.29) is 17.8 Å². The van der Waals surface area contributed by atoms with E-state index in [1.807, 2.05) is 0 Å². The Bertz CT molecular complexity index is 513. The molecule has 0 spiro atoms. The van der Waals surface area contributed by atoms with E-state index in [9.17, 15) is 14.3 Å². The quantitative estimate of drug-likeness (QED) is 0.872. The number of halogens is 1. The van der Waals surface area contributed by atoms with Gasteiger partial charge in [0.2, 0.25) is 0 Å². The van der Waals surface area contributed by atoms with Crippen LogP contribution in [-0.4, -0.2) is 40.4 Å². The van der Waals surface area contributed by atoms with Gasteiger partial charge < -0.3 is 10.0 Å². The maximum Gasteiger partial charge on any atom is 0.254 e. The third-order valence-electron chi connectivity index (χ3n) is 3.73. The summed E-state index contributed by atoms with van der Waals surface area (Å²) in [5.74, 6) is -0.445. The molecule has 2 rings (SSSR count). The molecule has 1 aliphatic heterocycles. The molecule has 1 fully saturated rings. The lowest BCUT2D eigenvalue weighted by molar-refractivity contribution is 0.000321. The summed E-state index contributed by atoms with van der Waals surface area (Å²) in [6.45, 7) is 4.09. The standard InChI is InChI=1S/C15H20FNO2S/c1-15(2,19)13-5-4-8-17(13)14(18)10-6-7-11(16)12(9-10)20-3/h6-7,9,13,19H,4-5,8H2,1-3H3. The second-order valence-electron chi connectivity index (χ2n) is 5.66. The van der Waals surface area contributed by atoms with Crippen LogP contribution < -0.4 is 0 Å². The van der Waals surface area contributed by atoms with Crippen LogP contribution >= 0.6 is 11.8 Å². The Morgan fingerprint density at radius 2 is 2.20 bits per heavy atom. The molecule has 1 N–H and O–H groups in total. The second kappa shape index (κ2) is 5.74. The van der Waals surface area contributed by atoms with E-state index in [1.165, 1.54) is 23.9 Å². The zero-order chi connectivity index (χ0) is 14.9. The first-order chi connectivity index (χ1) is 9.34. The molecule has 1 amide bonds. The lowest BCUT2D eigenvalue weighted by Gasteiger charge is -2.33. The molecule has 1 heterocycles. The molecule has 0 bridgehead atoms. The summed E-state index contributed by atoms with van der Waals surface area (Å²) in [4.78, 5) is 14.7. The predicted molar refractivity (Wildman–Crippen MR) is 78.5 cm³/mol. The van der Waals surface area contributed by atoms with Crippen molar-refractivity contribution in [3.05, 3.63) is 29.6 Å². The summed E-state index contributed by atoms with van der Waals surface area (Å²) in [6, 6.07) is 4.24. The number of hydrogen-bond donors (Lipinski definition) is 1. The van der Waals surface area contributed by atoms with Gasteiger partial charge in [0.05, 0.1) is 11.6 Å². The number of carbonyl (C=O) groups excluding carboxylic acids is 1. The van der Waals surface area contributed by atoms with Crippen molar-refractivity contribution < 1.29 is 14.3 Å². The first kappa shape index (κ1) is 15.3. The van der Waals surface area contributed by atoms with Gasteiger partial charge in [0, 0.05) is 17.0 Å². The number of amides is 1. The lowest BCUT2D eigenvalue weighted by Crippen LogP contribution is -2.48. The van der Waals surface area contributed by atoms with Crippen LogP contribution in [0.5, 0.6) is 0 Å². The van der Waals surface area contributed by atoms with Crippen LogP contribution in [0, 0.1) is 5.82 Å². The number of carbonyl (C=O) groups is 1. The second-order valence-corrected chi connectivity index (χ2v) is 6.51. The first-order valence-electron chi connectivity index (χ1n) is 6.71. The van der Waals surface area contributed by atoms with Crippen molar-refractivity contribution in [2.24, 2.45) is 0 Å². The molecular formula is C15H20FNO2S. The SMILES string of the molecule is CSc1cc(C(=O)N2CCCC2C(C)(C)O)ccc1F. The Balaban J connectivity index is 2.27. The summed E-state index contributed by atoms with van der Waals surface area (Å²) in [5, 5.41) is 10.2. The number of nitrogens with zero attached hydrogens (tertiary/aromatic N) is 1. The van der Waals surface area contributed by atoms with Crippen molar-refractivity contribution in [2.75, 3.05) is 12.8 Å². The molecule has 1 unspecified atom stereocenters. The van der Waals surface area contributed by atoms with E-state index < -0.39 is 5.60 Å². The molecule has 0 saturated carbocycles. The van der Waals surface area contributed by atoms with Crippen LogP contribution in [0.25, 0.3) is 0 Å². The normalized spacial score (nSPS) is 19.4. The highest BCUT2D eigenvalue weighted by molar-refractivity contribution is 7.98. The summed E-state index contributed by atoms with van der Waals surface area (Å²) in [6.07, 6.45) is 3.46. The van der Waals surface area contributed by atoms with E-state index >= 15 is 0 Å². The molecule has 3 nitrogen and oxygen atoms in total. The van der Waals surface area contributed by atoms with Crippen LogP contribution in [0.4, 0.5) is 4.39 Å². The highest BCUT2D eigenvalue weighted by atomic mass is 32.2. The van der Waals surface area contributed by atoms with E-state index in [4.69, 9.17) is 0 Å². The van der Waals surface area contributed by atoms with E-state index in [0.717, 1.165) is 12.8 Å². The first-order valence-corrected chi connectivity index (χ1v) is 7.94. The summed E-state index contributed by atoms with van der Waals surface area (Å²) in [7, 11) is 0. The average molecular weight is 297 g/mol. The van der Waals surface area contributed by atoms with Crippen LogP contribution in [0.15, 0.2) is 23.1 Å². The Morgan fingerprint density at radius 3 is 2.80 bits per heavy atom. The minimum absolute atomic E-state index is 0.134. The van der Waals surface area contributed by atoms with Crippen molar-refractivity contribution in [1.29, 1.82) is 0 Å². The van der Waals surface area contributed by atoms with Crippen LogP contribution in [0.2, 0.25) is 0 Å². The molecule has 20 heavy (non-hydrogen) atoms. The molecule has 1 aromatic carbocycles. The third-order valence-corrected chi connectivity index (χ3v) is 4.48. The van der Waals surface area contributed by atoms with Gasteiger partial charge in [-0.3, -0.25) is 4.79 Å². The Labute approximate surface area is 123 Å². The molecule has 110 valence electrons. The number of likely N-dealkylation sites (tertiary alicyclic amines) is 1. The Morgan fingerprint density at radius 1 is 1.50 bits per heavy atom. The molecule has 0 aliphatic carbocycles. The fraction of sp³-hybridized carbons (Fsp3) is 0.533. The fourth-order valence-corrected chi connectivity index (χ4v) is 3.21. The van der Waals surface area contributed by atoms with Gasteiger partial charge in [-0.2, -0.15) is 0 Å². The average Bonchev–Trinajstić information content (AvgIpc) is 2.87. The van der Waals surface area contributed by atoms with Gasteiger partial charge in [-0.15, -0.1) is 11.8 Å². The maximum atomic E-state index is 13.5. The molecule has 1 aromatic rings. The van der Waals surface area contributed by atoms with Gasteiger partial charge in [0.1, 0.15) is 5.82 Å².